The van der Waals surface area contributed by atoms with Gasteiger partial charge in [0.1, 0.15) is 17.4 Å². The number of rotatable bonds is 6. The third-order valence-corrected chi connectivity index (χ3v) is 4.92. The summed E-state index contributed by atoms with van der Waals surface area (Å²) in [6.45, 7) is 2.80. The highest BCUT2D eigenvalue weighted by Crippen LogP contribution is 2.21. The van der Waals surface area contributed by atoms with Crippen molar-refractivity contribution in [2.75, 3.05) is 26.7 Å². The maximum Gasteiger partial charge on any atom is 0.251 e. The predicted octanol–water partition coefficient (Wildman–Crippen LogP) is 3.62. The molecule has 1 fully saturated rings. The summed E-state index contributed by atoms with van der Waals surface area (Å²) >= 11 is 0. The fourth-order valence-corrected chi connectivity index (χ4v) is 3.43. The topological polar surface area (TPSA) is 41.6 Å². The molecule has 0 aromatic heterocycles. The molecule has 1 atom stereocenters. The molecule has 1 aliphatic heterocycles. The summed E-state index contributed by atoms with van der Waals surface area (Å²) in [4.78, 5) is 14.4. The molecule has 0 spiro atoms. The van der Waals surface area contributed by atoms with Crippen LogP contribution in [0.25, 0.3) is 0 Å². The lowest BCUT2D eigenvalue weighted by molar-refractivity contribution is 0.0930. The second kappa shape index (κ2) is 8.95. The van der Waals surface area contributed by atoms with E-state index in [-0.39, 0.29) is 17.5 Å². The standard InChI is InChI=1S/C21H24F2N2O2/c1-27-19-9-6-17(20(23)11-19)14-25-10-2-3-15(13-25)12-24-21(26)16-4-7-18(22)8-5-16/h4-9,11,15H,2-3,10,12-14H2,1H3,(H,24,26)/t15-/m0/s1. The number of likely N-dealkylation sites (tertiary alicyclic amines) is 1. The van der Waals surface area contributed by atoms with Gasteiger partial charge in [-0.2, -0.15) is 0 Å². The van der Waals surface area contributed by atoms with E-state index in [1.54, 1.807) is 12.1 Å². The summed E-state index contributed by atoms with van der Waals surface area (Å²) in [5.74, 6) is -0.00428. The molecule has 0 bridgehead atoms. The van der Waals surface area contributed by atoms with Gasteiger partial charge in [-0.05, 0) is 55.6 Å². The number of ether oxygens (including phenoxy) is 1. The number of nitrogens with zero attached hydrogens (tertiary/aromatic N) is 1. The van der Waals surface area contributed by atoms with E-state index in [2.05, 4.69) is 10.2 Å². The number of amides is 1. The zero-order valence-corrected chi connectivity index (χ0v) is 15.4. The fraction of sp³-hybridized carbons (Fsp3) is 0.381. The van der Waals surface area contributed by atoms with Gasteiger partial charge >= 0.3 is 0 Å². The molecule has 1 amide bonds. The molecule has 0 saturated carbocycles. The summed E-state index contributed by atoms with van der Waals surface area (Å²) in [5.41, 5.74) is 1.09. The van der Waals surface area contributed by atoms with E-state index in [0.29, 0.717) is 35.9 Å². The van der Waals surface area contributed by atoms with Crippen molar-refractivity contribution < 1.29 is 18.3 Å². The summed E-state index contributed by atoms with van der Waals surface area (Å²) in [6.07, 6.45) is 2.03. The number of nitrogens with one attached hydrogen (secondary N) is 1. The number of methoxy groups -OCH3 is 1. The SMILES string of the molecule is COc1ccc(CN2CCC[C@@H](CNC(=O)c3ccc(F)cc3)C2)c(F)c1. The van der Waals surface area contributed by atoms with Gasteiger partial charge in [0.2, 0.25) is 0 Å². The number of hydrogen-bond donors (Lipinski definition) is 1. The average Bonchev–Trinajstić information content (AvgIpc) is 2.68. The summed E-state index contributed by atoms with van der Waals surface area (Å²) < 4.78 is 32.2. The highest BCUT2D eigenvalue weighted by Gasteiger charge is 2.21. The molecule has 2 aromatic carbocycles. The molecule has 2 aromatic rings. The van der Waals surface area contributed by atoms with Gasteiger partial charge in [-0.1, -0.05) is 6.07 Å². The minimum absolute atomic E-state index is 0.201. The van der Waals surface area contributed by atoms with E-state index >= 15 is 0 Å². The van der Waals surface area contributed by atoms with Gasteiger partial charge in [0, 0.05) is 36.8 Å². The Morgan fingerprint density at radius 2 is 2.00 bits per heavy atom. The van der Waals surface area contributed by atoms with Crippen molar-refractivity contribution in [1.29, 1.82) is 0 Å². The van der Waals surface area contributed by atoms with Crippen LogP contribution in [-0.4, -0.2) is 37.6 Å². The molecule has 1 heterocycles. The molecule has 1 saturated heterocycles. The highest BCUT2D eigenvalue weighted by atomic mass is 19.1. The summed E-state index contributed by atoms with van der Waals surface area (Å²) in [7, 11) is 1.52. The third-order valence-electron chi connectivity index (χ3n) is 4.92. The first-order valence-electron chi connectivity index (χ1n) is 9.13. The van der Waals surface area contributed by atoms with Crippen molar-refractivity contribution >= 4 is 5.91 Å². The van der Waals surface area contributed by atoms with Crippen LogP contribution < -0.4 is 10.1 Å². The number of carbonyl (C=O) groups is 1. The molecule has 0 aliphatic carbocycles. The number of benzene rings is 2. The quantitative estimate of drug-likeness (QED) is 0.840. The molecular weight excluding hydrogens is 350 g/mol. The van der Waals surface area contributed by atoms with Crippen molar-refractivity contribution in [3.63, 3.8) is 0 Å². The lowest BCUT2D eigenvalue weighted by atomic mass is 9.97. The molecule has 1 N–H and O–H groups in total. The maximum atomic E-state index is 14.2. The minimum atomic E-state index is -0.361. The Bertz CT molecular complexity index is 780. The largest absolute Gasteiger partial charge is 0.497 e. The minimum Gasteiger partial charge on any atom is -0.497 e. The third kappa shape index (κ3) is 5.26. The van der Waals surface area contributed by atoms with Crippen LogP contribution in [0.4, 0.5) is 8.78 Å². The van der Waals surface area contributed by atoms with Gasteiger partial charge in [-0.15, -0.1) is 0 Å². The van der Waals surface area contributed by atoms with E-state index in [9.17, 15) is 13.6 Å². The van der Waals surface area contributed by atoms with Gasteiger partial charge in [-0.25, -0.2) is 8.78 Å². The van der Waals surface area contributed by atoms with Crippen molar-refractivity contribution in [1.82, 2.24) is 10.2 Å². The van der Waals surface area contributed by atoms with Crippen molar-refractivity contribution in [3.8, 4) is 5.75 Å². The first kappa shape index (κ1) is 19.3. The number of hydrogen-bond acceptors (Lipinski definition) is 3. The van der Waals surface area contributed by atoms with E-state index in [0.717, 1.165) is 25.9 Å². The van der Waals surface area contributed by atoms with Crippen LogP contribution in [0.1, 0.15) is 28.8 Å². The molecule has 0 radical (unpaired) electrons. The van der Waals surface area contributed by atoms with Crippen LogP contribution in [0.5, 0.6) is 5.75 Å². The molecule has 27 heavy (non-hydrogen) atoms. The molecule has 144 valence electrons. The lowest BCUT2D eigenvalue weighted by Crippen LogP contribution is -2.40. The van der Waals surface area contributed by atoms with Crippen LogP contribution in [0.3, 0.4) is 0 Å². The Morgan fingerprint density at radius 1 is 1.22 bits per heavy atom. The Balaban J connectivity index is 1.52. The van der Waals surface area contributed by atoms with Crippen molar-refractivity contribution in [2.24, 2.45) is 5.92 Å². The number of halogens is 2. The second-order valence-electron chi connectivity index (χ2n) is 6.92. The summed E-state index contributed by atoms with van der Waals surface area (Å²) in [6, 6.07) is 10.4. The zero-order chi connectivity index (χ0) is 19.2. The molecule has 3 rings (SSSR count). The van der Waals surface area contributed by atoms with Gasteiger partial charge in [0.15, 0.2) is 0 Å². The Morgan fingerprint density at radius 3 is 2.70 bits per heavy atom. The van der Waals surface area contributed by atoms with Crippen LogP contribution >= 0.6 is 0 Å². The average molecular weight is 374 g/mol. The van der Waals surface area contributed by atoms with Crippen LogP contribution in [0.2, 0.25) is 0 Å². The van der Waals surface area contributed by atoms with E-state index in [4.69, 9.17) is 4.74 Å². The Hall–Kier alpha value is -2.47. The fourth-order valence-electron chi connectivity index (χ4n) is 3.43. The maximum absolute atomic E-state index is 14.2. The smallest absolute Gasteiger partial charge is 0.251 e. The van der Waals surface area contributed by atoms with Crippen molar-refractivity contribution in [3.05, 3.63) is 65.2 Å². The van der Waals surface area contributed by atoms with Gasteiger partial charge in [0.05, 0.1) is 7.11 Å². The highest BCUT2D eigenvalue weighted by molar-refractivity contribution is 5.94. The van der Waals surface area contributed by atoms with E-state index in [1.165, 1.54) is 37.4 Å². The number of piperidine rings is 1. The molecule has 0 unspecified atom stereocenters. The van der Waals surface area contributed by atoms with Crippen molar-refractivity contribution in [2.45, 2.75) is 19.4 Å². The van der Waals surface area contributed by atoms with Gasteiger partial charge in [-0.3, -0.25) is 9.69 Å². The van der Waals surface area contributed by atoms with Crippen LogP contribution in [0.15, 0.2) is 42.5 Å². The Labute approximate surface area is 158 Å². The first-order valence-corrected chi connectivity index (χ1v) is 9.13. The summed E-state index contributed by atoms with van der Waals surface area (Å²) in [5, 5.41) is 2.92. The molecule has 6 heteroatoms. The van der Waals surface area contributed by atoms with E-state index in [1.807, 2.05) is 0 Å². The predicted molar refractivity (Wildman–Crippen MR) is 99.7 cm³/mol. The number of carbonyl (C=O) groups excluding carboxylic acids is 1. The van der Waals surface area contributed by atoms with E-state index < -0.39 is 0 Å². The molecule has 1 aliphatic rings. The first-order chi connectivity index (χ1) is 13.0. The Kier molecular flexibility index (Phi) is 6.40. The van der Waals surface area contributed by atoms with Gasteiger partial charge < -0.3 is 10.1 Å². The lowest BCUT2D eigenvalue weighted by Gasteiger charge is -2.33. The van der Waals surface area contributed by atoms with Gasteiger partial charge in [0.25, 0.3) is 5.91 Å². The zero-order valence-electron chi connectivity index (χ0n) is 15.4. The molecule has 4 nitrogen and oxygen atoms in total. The monoisotopic (exact) mass is 374 g/mol. The second-order valence-corrected chi connectivity index (χ2v) is 6.92. The van der Waals surface area contributed by atoms with Crippen LogP contribution in [-0.2, 0) is 6.54 Å². The molecular formula is C21H24F2N2O2. The van der Waals surface area contributed by atoms with Crippen LogP contribution in [0, 0.1) is 17.6 Å². The normalized spacial score (nSPS) is 17.5.